The van der Waals surface area contributed by atoms with Crippen LogP contribution in [0.25, 0.3) is 16.9 Å². The molecule has 11 nitrogen and oxygen atoms in total. The first kappa shape index (κ1) is 24.3. The highest BCUT2D eigenvalue weighted by Crippen LogP contribution is 2.31. The van der Waals surface area contributed by atoms with Crippen LogP contribution >= 0.6 is 0 Å². The summed E-state index contributed by atoms with van der Waals surface area (Å²) in [5.74, 6) is 0.103. The average Bonchev–Trinajstić information content (AvgIpc) is 3.41. The second-order valence-electron chi connectivity index (χ2n) is 9.75. The molecule has 0 aliphatic heterocycles. The van der Waals surface area contributed by atoms with Crippen LogP contribution in [0.4, 0.5) is 15.8 Å². The van der Waals surface area contributed by atoms with E-state index >= 15 is 0 Å². The minimum absolute atomic E-state index is 0.192. The number of pyridine rings is 1. The van der Waals surface area contributed by atoms with Gasteiger partial charge in [0, 0.05) is 25.1 Å². The zero-order chi connectivity index (χ0) is 26.2. The Balaban J connectivity index is 1.47. The van der Waals surface area contributed by atoms with E-state index in [0.717, 1.165) is 6.54 Å². The van der Waals surface area contributed by atoms with E-state index in [0.29, 0.717) is 39.8 Å². The fourth-order valence-electron chi connectivity index (χ4n) is 3.78. The smallest absolute Gasteiger partial charge is 0.255 e. The molecule has 0 spiro atoms. The van der Waals surface area contributed by atoms with Crippen LogP contribution in [0.3, 0.4) is 0 Å². The number of halogens is 1. The Hall–Kier alpha value is -4.37. The summed E-state index contributed by atoms with van der Waals surface area (Å²) in [5.41, 5.74) is 1.68. The van der Waals surface area contributed by atoms with E-state index in [9.17, 15) is 14.3 Å². The first-order chi connectivity index (χ1) is 17.7. The third kappa shape index (κ3) is 5.41. The number of aromatic nitrogens is 6. The van der Waals surface area contributed by atoms with Gasteiger partial charge in [0.25, 0.3) is 5.91 Å². The number of alkyl halides is 1. The van der Waals surface area contributed by atoms with Gasteiger partial charge in [-0.1, -0.05) is 0 Å². The Morgan fingerprint density at radius 3 is 2.78 bits per heavy atom. The molecule has 37 heavy (non-hydrogen) atoms. The number of nitriles is 1. The van der Waals surface area contributed by atoms with E-state index in [1.165, 1.54) is 43.6 Å². The SMILES string of the molecule is CC(C)(O)C(F)CNC(=O)c1cnc(-c2cnn3cc(C#N)cnc23)cc1Nc1cnn(CC2CC2)c1. The minimum atomic E-state index is -1.65. The summed E-state index contributed by atoms with van der Waals surface area (Å²) in [7, 11) is 0. The summed E-state index contributed by atoms with van der Waals surface area (Å²) >= 11 is 0. The molecular weight excluding hydrogens is 477 g/mol. The third-order valence-corrected chi connectivity index (χ3v) is 6.17. The molecule has 0 aromatic carbocycles. The molecule has 4 aromatic heterocycles. The summed E-state index contributed by atoms with van der Waals surface area (Å²) < 4.78 is 17.6. The molecular formula is C25H26FN9O2. The van der Waals surface area contributed by atoms with E-state index in [4.69, 9.17) is 5.26 Å². The molecule has 4 heterocycles. The van der Waals surface area contributed by atoms with Crippen molar-refractivity contribution >= 4 is 22.9 Å². The molecule has 1 amide bonds. The van der Waals surface area contributed by atoms with Gasteiger partial charge in [0.1, 0.15) is 12.2 Å². The monoisotopic (exact) mass is 503 g/mol. The second-order valence-corrected chi connectivity index (χ2v) is 9.75. The van der Waals surface area contributed by atoms with Crippen LogP contribution < -0.4 is 10.6 Å². The summed E-state index contributed by atoms with van der Waals surface area (Å²) in [6.45, 7) is 3.17. The normalized spacial score (nSPS) is 14.4. The first-order valence-electron chi connectivity index (χ1n) is 11.9. The van der Waals surface area contributed by atoms with Crippen LogP contribution in [-0.2, 0) is 6.54 Å². The molecule has 0 saturated heterocycles. The lowest BCUT2D eigenvalue weighted by Gasteiger charge is -2.22. The van der Waals surface area contributed by atoms with Gasteiger partial charge in [-0.2, -0.15) is 15.5 Å². The van der Waals surface area contributed by atoms with Gasteiger partial charge in [0.2, 0.25) is 0 Å². The summed E-state index contributed by atoms with van der Waals surface area (Å²) in [5, 5.41) is 33.4. The van der Waals surface area contributed by atoms with Crippen molar-refractivity contribution in [3.63, 3.8) is 0 Å². The van der Waals surface area contributed by atoms with Gasteiger partial charge in [-0.25, -0.2) is 13.9 Å². The molecule has 190 valence electrons. The number of amides is 1. The average molecular weight is 504 g/mol. The van der Waals surface area contributed by atoms with Crippen molar-refractivity contribution in [2.24, 2.45) is 5.92 Å². The number of nitrogens with one attached hydrogen (secondary N) is 2. The van der Waals surface area contributed by atoms with Crippen molar-refractivity contribution in [2.45, 2.75) is 45.0 Å². The maximum absolute atomic E-state index is 14.3. The Bertz CT molecular complexity index is 1490. The molecule has 1 fully saturated rings. The first-order valence-corrected chi connectivity index (χ1v) is 11.9. The fourth-order valence-corrected chi connectivity index (χ4v) is 3.78. The lowest BCUT2D eigenvalue weighted by Crippen LogP contribution is -2.42. The standard InChI is InChI=1S/C25H26FN9O2/c1-25(2,37)22(26)11-30-24(36)19-9-28-20(18-10-32-35-13-16(6-27)7-29-23(18)35)5-21(19)33-17-8-31-34(14-17)12-15-3-4-15/h5,7-10,13-15,22,37H,3-4,11-12H2,1-2H3,(H,28,33)(H,30,36). The molecule has 1 saturated carbocycles. The molecule has 0 bridgehead atoms. The molecule has 1 unspecified atom stereocenters. The van der Waals surface area contributed by atoms with E-state index in [-0.39, 0.29) is 12.1 Å². The number of hydrogen-bond donors (Lipinski definition) is 3. The van der Waals surface area contributed by atoms with E-state index in [1.54, 1.807) is 24.7 Å². The predicted octanol–water partition coefficient (Wildman–Crippen LogP) is 2.85. The van der Waals surface area contributed by atoms with Crippen molar-refractivity contribution < 1.29 is 14.3 Å². The van der Waals surface area contributed by atoms with E-state index in [1.807, 2.05) is 16.9 Å². The Kier molecular flexibility index (Phi) is 6.31. The van der Waals surface area contributed by atoms with Crippen molar-refractivity contribution in [2.75, 3.05) is 11.9 Å². The molecule has 5 rings (SSSR count). The highest BCUT2D eigenvalue weighted by atomic mass is 19.1. The lowest BCUT2D eigenvalue weighted by atomic mass is 10.0. The third-order valence-electron chi connectivity index (χ3n) is 6.17. The number of carbonyl (C=O) groups excluding carboxylic acids is 1. The number of fused-ring (bicyclic) bond motifs is 1. The van der Waals surface area contributed by atoms with Gasteiger partial charge in [0.15, 0.2) is 5.65 Å². The van der Waals surface area contributed by atoms with Gasteiger partial charge >= 0.3 is 0 Å². The molecule has 12 heteroatoms. The number of anilines is 2. The van der Waals surface area contributed by atoms with Crippen molar-refractivity contribution in [3.8, 4) is 17.3 Å². The van der Waals surface area contributed by atoms with Crippen LogP contribution in [0, 0.1) is 17.2 Å². The number of hydrogen-bond acceptors (Lipinski definition) is 8. The number of carbonyl (C=O) groups is 1. The highest BCUT2D eigenvalue weighted by molar-refractivity contribution is 6.00. The van der Waals surface area contributed by atoms with Crippen molar-refractivity contribution in [1.29, 1.82) is 5.26 Å². The van der Waals surface area contributed by atoms with Crippen molar-refractivity contribution in [1.82, 2.24) is 34.7 Å². The van der Waals surface area contributed by atoms with Gasteiger partial charge in [-0.05, 0) is 38.7 Å². The Morgan fingerprint density at radius 2 is 2.05 bits per heavy atom. The zero-order valence-corrected chi connectivity index (χ0v) is 20.4. The van der Waals surface area contributed by atoms with Crippen LogP contribution in [0.2, 0.25) is 0 Å². The molecule has 0 radical (unpaired) electrons. The van der Waals surface area contributed by atoms with Crippen molar-refractivity contribution in [3.05, 3.63) is 54.4 Å². The van der Waals surface area contributed by atoms with Gasteiger partial charge in [0.05, 0.1) is 64.5 Å². The highest BCUT2D eigenvalue weighted by Gasteiger charge is 2.27. The Morgan fingerprint density at radius 1 is 1.24 bits per heavy atom. The predicted molar refractivity (Wildman–Crippen MR) is 133 cm³/mol. The van der Waals surface area contributed by atoms with Crippen LogP contribution in [0.1, 0.15) is 42.6 Å². The van der Waals surface area contributed by atoms with Gasteiger partial charge in [-0.15, -0.1) is 0 Å². The van der Waals surface area contributed by atoms with Gasteiger partial charge < -0.3 is 15.7 Å². The van der Waals surface area contributed by atoms with Crippen LogP contribution in [0.5, 0.6) is 0 Å². The fraction of sp³-hybridized carbons (Fsp3) is 0.360. The molecule has 4 aromatic rings. The van der Waals surface area contributed by atoms with E-state index < -0.39 is 17.7 Å². The van der Waals surface area contributed by atoms with E-state index in [2.05, 4.69) is 30.8 Å². The van der Waals surface area contributed by atoms with Crippen LogP contribution in [0.15, 0.2) is 43.2 Å². The number of nitrogens with zero attached hydrogens (tertiary/aromatic N) is 7. The summed E-state index contributed by atoms with van der Waals surface area (Å²) in [4.78, 5) is 21.8. The maximum atomic E-state index is 14.3. The quantitative estimate of drug-likeness (QED) is 0.316. The number of aliphatic hydroxyl groups is 1. The second kappa shape index (κ2) is 9.59. The largest absolute Gasteiger partial charge is 0.387 e. The molecule has 1 atom stereocenters. The summed E-state index contributed by atoms with van der Waals surface area (Å²) in [6, 6.07) is 3.71. The molecule has 3 N–H and O–H groups in total. The summed E-state index contributed by atoms with van der Waals surface area (Å²) in [6.07, 6.45) is 10.3. The van der Waals surface area contributed by atoms with Gasteiger partial charge in [-0.3, -0.25) is 14.5 Å². The molecule has 1 aliphatic carbocycles. The topological polar surface area (TPSA) is 146 Å². The Labute approximate surface area is 212 Å². The maximum Gasteiger partial charge on any atom is 0.255 e. The van der Waals surface area contributed by atoms with Crippen LogP contribution in [-0.4, -0.2) is 58.7 Å². The molecule has 1 aliphatic rings. The number of rotatable bonds is 9. The minimum Gasteiger partial charge on any atom is -0.387 e. The zero-order valence-electron chi connectivity index (χ0n) is 20.4. The lowest BCUT2D eigenvalue weighted by molar-refractivity contribution is -0.00177.